The van der Waals surface area contributed by atoms with Crippen LogP contribution in [-0.2, 0) is 0 Å². The van der Waals surface area contributed by atoms with Crippen LogP contribution in [0.3, 0.4) is 0 Å². The molecular formula is C17H25NO2. The van der Waals surface area contributed by atoms with Crippen LogP contribution in [0, 0.1) is 0 Å². The Labute approximate surface area is 121 Å². The molecule has 0 radical (unpaired) electrons. The normalized spacial score (nSPS) is 12.8. The molecule has 3 nitrogen and oxygen atoms in total. The zero-order chi connectivity index (χ0) is 14.4. The van der Waals surface area contributed by atoms with Crippen LogP contribution in [0.4, 0.5) is 0 Å². The molecule has 0 saturated carbocycles. The topological polar surface area (TPSA) is 34.4 Å². The number of ether oxygens (including phenoxy) is 1. The van der Waals surface area contributed by atoms with Gasteiger partial charge in [0.25, 0.3) is 0 Å². The number of furan rings is 1. The van der Waals surface area contributed by atoms with Crippen molar-refractivity contribution in [1.29, 1.82) is 0 Å². The number of hydrogen-bond donors (Lipinski definition) is 1. The summed E-state index contributed by atoms with van der Waals surface area (Å²) in [5.41, 5.74) is 0.870. The lowest BCUT2D eigenvalue weighted by molar-refractivity contribution is 0.314. The van der Waals surface area contributed by atoms with Crippen molar-refractivity contribution in [1.82, 2.24) is 5.32 Å². The number of hydrogen-bond acceptors (Lipinski definition) is 3. The van der Waals surface area contributed by atoms with Gasteiger partial charge in [-0.05, 0) is 31.5 Å². The van der Waals surface area contributed by atoms with Crippen LogP contribution in [0.25, 0.3) is 11.0 Å². The summed E-state index contributed by atoms with van der Waals surface area (Å²) in [5.74, 6) is 1.86. The molecule has 1 aromatic carbocycles. The van der Waals surface area contributed by atoms with Crippen molar-refractivity contribution in [2.45, 2.75) is 46.1 Å². The molecular weight excluding hydrogens is 250 g/mol. The fourth-order valence-corrected chi connectivity index (χ4v) is 2.43. The third kappa shape index (κ3) is 3.34. The van der Waals surface area contributed by atoms with E-state index in [0.29, 0.717) is 0 Å². The van der Waals surface area contributed by atoms with Crippen LogP contribution in [0.1, 0.15) is 51.8 Å². The molecule has 0 fully saturated rings. The minimum Gasteiger partial charge on any atom is -0.490 e. The molecule has 0 amide bonds. The van der Waals surface area contributed by atoms with Gasteiger partial charge in [-0.25, -0.2) is 0 Å². The summed E-state index contributed by atoms with van der Waals surface area (Å²) in [7, 11) is 0. The van der Waals surface area contributed by atoms with Gasteiger partial charge in [-0.3, -0.25) is 0 Å². The lowest BCUT2D eigenvalue weighted by Crippen LogP contribution is -2.20. The van der Waals surface area contributed by atoms with Gasteiger partial charge in [-0.15, -0.1) is 0 Å². The zero-order valence-corrected chi connectivity index (χ0v) is 12.7. The van der Waals surface area contributed by atoms with Crippen LogP contribution in [0.5, 0.6) is 5.75 Å². The van der Waals surface area contributed by atoms with Crippen molar-refractivity contribution < 1.29 is 9.15 Å². The molecule has 0 aliphatic heterocycles. The fraction of sp³-hybridized carbons (Fsp3) is 0.529. The lowest BCUT2D eigenvalue weighted by Gasteiger charge is -2.13. The first-order valence-corrected chi connectivity index (χ1v) is 7.68. The molecule has 1 N–H and O–H groups in total. The van der Waals surface area contributed by atoms with Gasteiger partial charge >= 0.3 is 0 Å². The third-order valence-electron chi connectivity index (χ3n) is 3.36. The first kappa shape index (κ1) is 14.9. The highest BCUT2D eigenvalue weighted by atomic mass is 16.5. The lowest BCUT2D eigenvalue weighted by atomic mass is 10.1. The highest BCUT2D eigenvalue weighted by molar-refractivity contribution is 5.83. The Kier molecular flexibility index (Phi) is 5.48. The van der Waals surface area contributed by atoms with Crippen molar-refractivity contribution in [2.24, 2.45) is 0 Å². The van der Waals surface area contributed by atoms with Crippen LogP contribution >= 0.6 is 0 Å². The van der Waals surface area contributed by atoms with E-state index >= 15 is 0 Å². The van der Waals surface area contributed by atoms with E-state index in [1.165, 1.54) is 0 Å². The van der Waals surface area contributed by atoms with E-state index < -0.39 is 0 Å². The van der Waals surface area contributed by atoms with Crippen molar-refractivity contribution >= 4 is 11.0 Å². The highest BCUT2D eigenvalue weighted by Gasteiger charge is 2.16. The number of fused-ring (bicyclic) bond motifs is 1. The van der Waals surface area contributed by atoms with Gasteiger partial charge in [-0.1, -0.05) is 39.3 Å². The predicted molar refractivity (Wildman–Crippen MR) is 83.3 cm³/mol. The Morgan fingerprint density at radius 2 is 2.05 bits per heavy atom. The summed E-state index contributed by atoms with van der Waals surface area (Å²) in [4.78, 5) is 0. The smallest absolute Gasteiger partial charge is 0.176 e. The van der Waals surface area contributed by atoms with E-state index in [9.17, 15) is 0 Å². The summed E-state index contributed by atoms with van der Waals surface area (Å²) in [6.45, 7) is 8.10. The minimum absolute atomic E-state index is 0.288. The van der Waals surface area contributed by atoms with Crippen LogP contribution in [0.15, 0.2) is 28.7 Å². The van der Waals surface area contributed by atoms with Gasteiger partial charge in [0.1, 0.15) is 5.76 Å². The van der Waals surface area contributed by atoms with Gasteiger partial charge in [0.15, 0.2) is 11.3 Å². The van der Waals surface area contributed by atoms with Gasteiger partial charge < -0.3 is 14.5 Å². The van der Waals surface area contributed by atoms with E-state index in [1.54, 1.807) is 0 Å². The molecule has 1 unspecified atom stereocenters. The first-order valence-electron chi connectivity index (χ1n) is 7.68. The largest absolute Gasteiger partial charge is 0.490 e. The third-order valence-corrected chi connectivity index (χ3v) is 3.36. The number of rotatable bonds is 8. The second kappa shape index (κ2) is 7.34. The van der Waals surface area contributed by atoms with Gasteiger partial charge in [0.2, 0.25) is 0 Å². The Bertz CT molecular complexity index is 527. The minimum atomic E-state index is 0.288. The van der Waals surface area contributed by atoms with E-state index in [-0.39, 0.29) is 6.04 Å². The maximum absolute atomic E-state index is 6.08. The van der Waals surface area contributed by atoms with Crippen LogP contribution < -0.4 is 10.1 Å². The second-order valence-corrected chi connectivity index (χ2v) is 5.07. The maximum Gasteiger partial charge on any atom is 0.176 e. The molecule has 0 bridgehead atoms. The molecule has 1 heterocycles. The second-order valence-electron chi connectivity index (χ2n) is 5.07. The van der Waals surface area contributed by atoms with E-state index in [4.69, 9.17) is 9.15 Å². The molecule has 20 heavy (non-hydrogen) atoms. The Morgan fingerprint density at radius 3 is 2.75 bits per heavy atom. The quantitative estimate of drug-likeness (QED) is 0.760. The van der Waals surface area contributed by atoms with Gasteiger partial charge in [-0.2, -0.15) is 0 Å². The van der Waals surface area contributed by atoms with Crippen molar-refractivity contribution in [3.8, 4) is 5.75 Å². The average molecular weight is 275 g/mol. The average Bonchev–Trinajstić information content (AvgIpc) is 2.89. The summed E-state index contributed by atoms with van der Waals surface area (Å²) >= 11 is 0. The number of para-hydroxylation sites is 1. The molecule has 3 heteroatoms. The Hall–Kier alpha value is -1.48. The monoisotopic (exact) mass is 275 g/mol. The summed E-state index contributed by atoms with van der Waals surface area (Å²) in [5, 5.41) is 4.61. The van der Waals surface area contributed by atoms with Gasteiger partial charge in [0.05, 0.1) is 12.6 Å². The molecule has 2 rings (SSSR count). The molecule has 0 spiro atoms. The van der Waals surface area contributed by atoms with Crippen molar-refractivity contribution in [2.75, 3.05) is 13.2 Å². The van der Waals surface area contributed by atoms with E-state index in [1.807, 2.05) is 12.1 Å². The number of benzene rings is 1. The molecule has 1 aromatic heterocycles. The van der Waals surface area contributed by atoms with Crippen LogP contribution in [-0.4, -0.2) is 13.2 Å². The highest BCUT2D eigenvalue weighted by Crippen LogP contribution is 2.32. The standard InChI is InChI=1S/C17H25NO2/c1-4-8-14(18-6-3)16-12-13-9-7-10-15(17(13)20-16)19-11-5-2/h7,9-10,12,14,18H,4-6,8,11H2,1-3H3. The maximum atomic E-state index is 6.08. The van der Waals surface area contributed by atoms with E-state index in [2.05, 4.69) is 38.2 Å². The molecule has 1 atom stereocenters. The fourth-order valence-electron chi connectivity index (χ4n) is 2.43. The van der Waals surface area contributed by atoms with Gasteiger partial charge in [0, 0.05) is 5.39 Å². The van der Waals surface area contributed by atoms with Crippen molar-refractivity contribution in [3.63, 3.8) is 0 Å². The summed E-state index contributed by atoms with van der Waals surface area (Å²) in [6.07, 6.45) is 3.21. The first-order chi connectivity index (χ1) is 9.80. The van der Waals surface area contributed by atoms with E-state index in [0.717, 1.165) is 54.9 Å². The molecule has 2 aromatic rings. The Morgan fingerprint density at radius 1 is 1.20 bits per heavy atom. The number of nitrogens with one attached hydrogen (secondary N) is 1. The molecule has 0 aliphatic rings. The Balaban J connectivity index is 2.31. The predicted octanol–water partition coefficient (Wildman–Crippen LogP) is 4.67. The summed E-state index contributed by atoms with van der Waals surface area (Å²) in [6, 6.07) is 8.51. The van der Waals surface area contributed by atoms with Crippen LogP contribution in [0.2, 0.25) is 0 Å². The molecule has 0 aliphatic carbocycles. The summed E-state index contributed by atoms with van der Waals surface area (Å²) < 4.78 is 11.8. The molecule has 110 valence electrons. The zero-order valence-electron chi connectivity index (χ0n) is 12.7. The SMILES string of the molecule is CCCOc1cccc2cc(C(CCC)NCC)oc12. The molecule has 0 saturated heterocycles. The van der Waals surface area contributed by atoms with Crippen molar-refractivity contribution in [3.05, 3.63) is 30.0 Å².